The first-order valence-electron chi connectivity index (χ1n) is 28.6. The molecule has 0 spiro atoms. The van der Waals surface area contributed by atoms with Crippen LogP contribution in [0.25, 0.3) is 22.3 Å². The summed E-state index contributed by atoms with van der Waals surface area (Å²) in [5, 5.41) is 96.6. The molecule has 34 heteroatoms. The van der Waals surface area contributed by atoms with Gasteiger partial charge in [0.15, 0.2) is 58.6 Å². The number of aromatic nitrogens is 16. The molecule has 0 bridgehead atoms. The fourth-order valence-corrected chi connectivity index (χ4v) is 12.1. The SMILES string of the molecule is CCn1nnc([C@H]2O[C@@H](n3cnc4c(NC5CCC(Nc6nc(N7CC[C@@H](NC(=O)N[C@@H]8CCNC8)C7)nc7c6ncn7[C@@H]6O[C@H](c7nnn(CC)n7)[C@@H](O)[C@H]6O)CC5)nc(N5CC[C@@H](NC(=O)N[C@@H]6CCNC6)C5)nc43)[C@H](O)[C@@H]2O)n1. The summed E-state index contributed by atoms with van der Waals surface area (Å²) in [5.74, 6) is 2.01. The minimum atomic E-state index is -1.40. The van der Waals surface area contributed by atoms with Crippen LogP contribution in [0.3, 0.4) is 0 Å². The van der Waals surface area contributed by atoms with Crippen molar-refractivity contribution >= 4 is 57.9 Å². The molecule has 12 atom stereocenters. The number of ether oxygens (including phenoxy) is 2. The number of tetrazole rings is 2. The van der Waals surface area contributed by atoms with E-state index in [4.69, 9.17) is 39.4 Å². The molecular weight excluding hydrogens is 1070 g/mol. The number of aryl methyl sites for hydroxylation is 2. The first kappa shape index (κ1) is 53.9. The van der Waals surface area contributed by atoms with E-state index in [-0.39, 0.29) is 60.0 Å². The number of aliphatic hydroxyl groups excluding tert-OH is 4. The van der Waals surface area contributed by atoms with Gasteiger partial charge in [0.05, 0.1) is 25.7 Å². The van der Waals surface area contributed by atoms with E-state index in [1.165, 1.54) is 22.2 Å². The van der Waals surface area contributed by atoms with E-state index in [1.807, 2.05) is 23.6 Å². The van der Waals surface area contributed by atoms with Crippen LogP contribution >= 0.6 is 0 Å². The first-order chi connectivity index (χ1) is 39.9. The number of amides is 4. The first-order valence-corrected chi connectivity index (χ1v) is 28.6. The van der Waals surface area contributed by atoms with Gasteiger partial charge in [-0.25, -0.2) is 19.6 Å². The number of imidazole rings is 2. The third kappa shape index (κ3) is 10.7. The van der Waals surface area contributed by atoms with Gasteiger partial charge in [-0.05, 0) is 88.7 Å². The second kappa shape index (κ2) is 22.8. The maximum Gasteiger partial charge on any atom is 0.315 e. The van der Waals surface area contributed by atoms with Crippen LogP contribution in [-0.4, -0.2) is 225 Å². The summed E-state index contributed by atoms with van der Waals surface area (Å²) in [6, 6.07) is -0.753. The molecule has 4 amide bonds. The Bertz CT molecular complexity index is 3020. The van der Waals surface area contributed by atoms with Crippen molar-refractivity contribution in [1.82, 2.24) is 111 Å². The highest BCUT2D eigenvalue weighted by atomic mass is 16.6. The number of carbonyl (C=O) groups is 2. The van der Waals surface area contributed by atoms with Gasteiger partial charge in [0, 0.05) is 75.5 Å². The average Bonchev–Trinajstić information content (AvgIpc) is 3.06. The number of aliphatic hydroxyl groups is 4. The zero-order chi connectivity index (χ0) is 56.2. The molecule has 7 fully saturated rings. The van der Waals surface area contributed by atoms with E-state index < -0.39 is 49.1 Å². The van der Waals surface area contributed by atoms with Gasteiger partial charge < -0.3 is 82.2 Å². The van der Waals surface area contributed by atoms with Crippen LogP contribution in [0.2, 0.25) is 0 Å². The maximum absolute atomic E-state index is 13.0. The van der Waals surface area contributed by atoms with Crippen LogP contribution in [0.5, 0.6) is 0 Å². The number of anilines is 4. The molecule has 1 saturated carbocycles. The standard InChI is InChI=1S/C48H70N26O8/c1-3-73-65-39(63-67-73)35-31(75)33(77)43(81-35)71-21-51-29-37(59-45(61-41(29)71)69-15-11-27(19-69)57-47(79)55-25-9-13-49-17-25)53-23-5-7-24(8-6-23)54-38-30-42(62-46(60-38)70-16-12-28(20-70)58-48(80)56-26-10-14-50-18-26)72(22-52-30)44-34(78)32(76)36(82-44)40-64-68-74(4-2)66-40/h21-28,31-36,43-44,49-50,75-78H,3-20H2,1-2H3,(H,53,59,61)(H,54,60,62)(H2,55,57,79)(H2,56,58,80)/t23?,24?,25-,26-,27-,28-,31+,32+,33-,34-,35+,36+,43-,44-/m1/s1. The topological polar surface area (TPSA) is 411 Å². The highest BCUT2D eigenvalue weighted by Gasteiger charge is 2.49. The Hall–Kier alpha value is -7.34. The van der Waals surface area contributed by atoms with Gasteiger partial charge in [-0.15, -0.1) is 20.4 Å². The van der Waals surface area contributed by atoms with Gasteiger partial charge in [0.2, 0.25) is 23.5 Å². The molecule has 12 N–H and O–H groups in total. The molecule has 6 saturated heterocycles. The molecular formula is C48H70N26O8. The molecule has 6 aromatic rings. The molecule has 13 rings (SSSR count). The molecule has 7 aliphatic rings. The fourth-order valence-electron chi connectivity index (χ4n) is 12.1. The molecule has 12 heterocycles. The number of hydrogen-bond acceptors (Lipinski definition) is 26. The summed E-state index contributed by atoms with van der Waals surface area (Å²) in [5.41, 5.74) is 1.59. The molecule has 6 aromatic heterocycles. The summed E-state index contributed by atoms with van der Waals surface area (Å²) < 4.78 is 15.8. The van der Waals surface area contributed by atoms with Gasteiger partial charge in [-0.3, -0.25) is 9.13 Å². The summed E-state index contributed by atoms with van der Waals surface area (Å²) in [6.45, 7) is 9.84. The lowest BCUT2D eigenvalue weighted by molar-refractivity contribution is -0.0384. The van der Waals surface area contributed by atoms with Crippen LogP contribution in [-0.2, 0) is 22.6 Å². The molecule has 1 aliphatic carbocycles. The highest BCUT2D eigenvalue weighted by Crippen LogP contribution is 2.42. The van der Waals surface area contributed by atoms with Gasteiger partial charge >= 0.3 is 12.1 Å². The Morgan fingerprint density at radius 1 is 0.561 bits per heavy atom. The molecule has 82 heavy (non-hydrogen) atoms. The molecule has 440 valence electrons. The second-order valence-corrected chi connectivity index (χ2v) is 22.2. The zero-order valence-electron chi connectivity index (χ0n) is 45.4. The van der Waals surface area contributed by atoms with E-state index in [9.17, 15) is 30.0 Å². The number of nitrogens with zero attached hydrogens (tertiary/aromatic N) is 18. The Morgan fingerprint density at radius 3 is 1.38 bits per heavy atom. The predicted octanol–water partition coefficient (Wildman–Crippen LogP) is -2.72. The van der Waals surface area contributed by atoms with Crippen molar-refractivity contribution in [2.24, 2.45) is 0 Å². The van der Waals surface area contributed by atoms with Crippen molar-refractivity contribution in [3.63, 3.8) is 0 Å². The van der Waals surface area contributed by atoms with Crippen molar-refractivity contribution in [3.05, 3.63) is 24.3 Å². The minimum Gasteiger partial charge on any atom is -0.387 e. The predicted molar refractivity (Wildman–Crippen MR) is 288 cm³/mol. The van der Waals surface area contributed by atoms with Crippen LogP contribution in [0.1, 0.15) is 102 Å². The summed E-state index contributed by atoms with van der Waals surface area (Å²) in [6.07, 6.45) is -0.995. The van der Waals surface area contributed by atoms with Crippen molar-refractivity contribution in [1.29, 1.82) is 0 Å². The van der Waals surface area contributed by atoms with Crippen LogP contribution in [0.15, 0.2) is 12.7 Å². The quantitative estimate of drug-likeness (QED) is 0.0468. The number of carbonyl (C=O) groups excluding carboxylic acids is 2. The number of fused-ring (bicyclic) bond motifs is 2. The lowest BCUT2D eigenvalue weighted by Crippen LogP contribution is -2.47. The van der Waals surface area contributed by atoms with E-state index >= 15 is 0 Å². The molecule has 6 aliphatic heterocycles. The van der Waals surface area contributed by atoms with Crippen molar-refractivity contribution < 1.29 is 39.5 Å². The Labute approximate surface area is 468 Å². The smallest absolute Gasteiger partial charge is 0.315 e. The van der Waals surface area contributed by atoms with Crippen LogP contribution < -0.4 is 52.3 Å². The van der Waals surface area contributed by atoms with E-state index in [2.05, 4.69) is 73.4 Å². The lowest BCUT2D eigenvalue weighted by Gasteiger charge is -2.31. The number of nitrogens with one attached hydrogen (secondary N) is 8. The maximum atomic E-state index is 13.0. The monoisotopic (exact) mass is 1140 g/mol. The van der Waals surface area contributed by atoms with Gasteiger partial charge in [0.1, 0.15) is 24.4 Å². The summed E-state index contributed by atoms with van der Waals surface area (Å²) in [4.78, 5) is 62.6. The third-order valence-electron chi connectivity index (χ3n) is 16.7. The van der Waals surface area contributed by atoms with Crippen molar-refractivity contribution in [3.8, 4) is 0 Å². The van der Waals surface area contributed by atoms with Crippen molar-refractivity contribution in [2.75, 3.05) is 72.8 Å². The average molecular weight is 1140 g/mol. The van der Waals surface area contributed by atoms with Gasteiger partial charge in [0.25, 0.3) is 0 Å². The van der Waals surface area contributed by atoms with E-state index in [0.29, 0.717) is 124 Å². The minimum absolute atomic E-state index is 0.0622. The van der Waals surface area contributed by atoms with Crippen molar-refractivity contribution in [2.45, 2.75) is 164 Å². The summed E-state index contributed by atoms with van der Waals surface area (Å²) >= 11 is 0. The largest absolute Gasteiger partial charge is 0.387 e. The molecule has 34 nitrogen and oxygen atoms in total. The van der Waals surface area contributed by atoms with E-state index in [0.717, 1.165) is 39.0 Å². The summed E-state index contributed by atoms with van der Waals surface area (Å²) in [7, 11) is 0. The molecule has 0 unspecified atom stereocenters. The third-order valence-corrected chi connectivity index (χ3v) is 16.7. The second-order valence-electron chi connectivity index (χ2n) is 22.2. The molecule has 0 radical (unpaired) electrons. The highest BCUT2D eigenvalue weighted by molar-refractivity contribution is 5.86. The van der Waals surface area contributed by atoms with Crippen LogP contribution in [0, 0.1) is 0 Å². The zero-order valence-corrected chi connectivity index (χ0v) is 45.4. The molecule has 0 aromatic carbocycles. The number of hydrogen-bond donors (Lipinski definition) is 12. The number of rotatable bonds is 16. The Kier molecular flexibility index (Phi) is 15.0. The van der Waals surface area contributed by atoms with Gasteiger partial charge in [-0.2, -0.15) is 29.5 Å². The fraction of sp³-hybridized carbons (Fsp3) is 0.708. The van der Waals surface area contributed by atoms with Crippen LogP contribution in [0.4, 0.5) is 33.1 Å². The number of urea groups is 2. The lowest BCUT2D eigenvalue weighted by atomic mass is 9.91. The Morgan fingerprint density at radius 2 is 0.988 bits per heavy atom. The Balaban J connectivity index is 0.742. The normalized spacial score (nSPS) is 31.2. The van der Waals surface area contributed by atoms with E-state index in [1.54, 1.807) is 9.13 Å². The van der Waals surface area contributed by atoms with Gasteiger partial charge in [-0.1, -0.05) is 0 Å².